The maximum atomic E-state index is 13.0. The van der Waals surface area contributed by atoms with Crippen molar-refractivity contribution >= 4 is 0 Å². The molecule has 1 atom stereocenters. The maximum absolute atomic E-state index is 13.0. The number of ether oxygens (including phenoxy) is 1. The number of hydrogen-bond acceptors (Lipinski definition) is 2. The predicted octanol–water partition coefficient (Wildman–Crippen LogP) is 4.85. The van der Waals surface area contributed by atoms with E-state index in [0.29, 0.717) is 19.1 Å². The van der Waals surface area contributed by atoms with Gasteiger partial charge < -0.3 is 10.5 Å². The molecule has 0 heterocycles. The molecule has 0 aromatic heterocycles. The lowest BCUT2D eigenvalue weighted by atomic mass is 9.94. The molecule has 0 bridgehead atoms. The van der Waals surface area contributed by atoms with E-state index in [0.717, 1.165) is 24.2 Å². The number of nitrogens with two attached hydrogens (primary N) is 1. The van der Waals surface area contributed by atoms with E-state index >= 15 is 0 Å². The Kier molecular flexibility index (Phi) is 6.60. The standard InChI is InChI=1S/C20H26FNO/c1-15(2)16-7-11-20(12-8-16)23-13-3-4-18(14-22)17-5-9-19(21)10-6-17/h5-12,15,18H,3-4,13-14,22H2,1-2H3. The molecule has 2 rings (SSSR count). The summed E-state index contributed by atoms with van der Waals surface area (Å²) in [5, 5.41) is 0. The molecular formula is C20H26FNO. The van der Waals surface area contributed by atoms with E-state index in [9.17, 15) is 4.39 Å². The van der Waals surface area contributed by atoms with Crippen molar-refractivity contribution in [1.82, 2.24) is 0 Å². The van der Waals surface area contributed by atoms with Crippen molar-refractivity contribution < 1.29 is 9.13 Å². The highest BCUT2D eigenvalue weighted by molar-refractivity contribution is 5.28. The van der Waals surface area contributed by atoms with Crippen LogP contribution in [0.15, 0.2) is 48.5 Å². The molecule has 3 heteroatoms. The Morgan fingerprint density at radius 1 is 0.957 bits per heavy atom. The van der Waals surface area contributed by atoms with Crippen LogP contribution in [-0.2, 0) is 0 Å². The Morgan fingerprint density at radius 2 is 1.57 bits per heavy atom. The zero-order valence-corrected chi connectivity index (χ0v) is 14.0. The monoisotopic (exact) mass is 315 g/mol. The summed E-state index contributed by atoms with van der Waals surface area (Å²) < 4.78 is 18.8. The van der Waals surface area contributed by atoms with Crippen LogP contribution in [0, 0.1) is 5.82 Å². The fourth-order valence-corrected chi connectivity index (χ4v) is 2.62. The summed E-state index contributed by atoms with van der Waals surface area (Å²) in [4.78, 5) is 0. The van der Waals surface area contributed by atoms with Gasteiger partial charge in [0.2, 0.25) is 0 Å². The first-order valence-electron chi connectivity index (χ1n) is 8.28. The summed E-state index contributed by atoms with van der Waals surface area (Å²) >= 11 is 0. The Morgan fingerprint density at radius 3 is 2.13 bits per heavy atom. The molecular weight excluding hydrogens is 289 g/mol. The molecule has 1 unspecified atom stereocenters. The van der Waals surface area contributed by atoms with Gasteiger partial charge in [0.15, 0.2) is 0 Å². The van der Waals surface area contributed by atoms with Crippen molar-refractivity contribution in [3.8, 4) is 5.75 Å². The molecule has 0 saturated heterocycles. The third-order valence-electron chi connectivity index (χ3n) is 4.14. The molecule has 0 amide bonds. The highest BCUT2D eigenvalue weighted by Gasteiger charge is 2.09. The molecule has 0 aliphatic carbocycles. The maximum Gasteiger partial charge on any atom is 0.123 e. The molecule has 2 aromatic carbocycles. The molecule has 0 saturated carbocycles. The van der Waals surface area contributed by atoms with Gasteiger partial charge in [0.05, 0.1) is 6.61 Å². The number of hydrogen-bond donors (Lipinski definition) is 1. The lowest BCUT2D eigenvalue weighted by Gasteiger charge is -2.15. The summed E-state index contributed by atoms with van der Waals surface area (Å²) in [5.74, 6) is 1.48. The van der Waals surface area contributed by atoms with Crippen molar-refractivity contribution in [3.63, 3.8) is 0 Å². The minimum Gasteiger partial charge on any atom is -0.494 e. The summed E-state index contributed by atoms with van der Waals surface area (Å²) in [7, 11) is 0. The van der Waals surface area contributed by atoms with Gasteiger partial charge in [0.1, 0.15) is 11.6 Å². The smallest absolute Gasteiger partial charge is 0.123 e. The third kappa shape index (κ3) is 5.36. The van der Waals surface area contributed by atoms with Crippen LogP contribution in [-0.4, -0.2) is 13.2 Å². The molecule has 0 aliphatic rings. The van der Waals surface area contributed by atoms with Crippen molar-refractivity contribution in [2.75, 3.05) is 13.2 Å². The van der Waals surface area contributed by atoms with Gasteiger partial charge in [-0.25, -0.2) is 4.39 Å². The van der Waals surface area contributed by atoms with E-state index < -0.39 is 0 Å². The van der Waals surface area contributed by atoms with Gasteiger partial charge in [0.25, 0.3) is 0 Å². The molecule has 2 N–H and O–H groups in total. The minimum atomic E-state index is -0.210. The molecule has 0 radical (unpaired) electrons. The van der Waals surface area contributed by atoms with E-state index in [4.69, 9.17) is 10.5 Å². The zero-order valence-electron chi connectivity index (χ0n) is 14.0. The van der Waals surface area contributed by atoms with E-state index in [1.165, 1.54) is 17.7 Å². The Labute approximate surface area is 138 Å². The lowest BCUT2D eigenvalue weighted by Crippen LogP contribution is -2.13. The van der Waals surface area contributed by atoms with E-state index in [1.807, 2.05) is 24.3 Å². The van der Waals surface area contributed by atoms with Crippen LogP contribution in [0.2, 0.25) is 0 Å². The minimum absolute atomic E-state index is 0.210. The molecule has 2 nitrogen and oxygen atoms in total. The first kappa shape index (κ1) is 17.5. The van der Waals surface area contributed by atoms with Gasteiger partial charge in [-0.3, -0.25) is 0 Å². The van der Waals surface area contributed by atoms with E-state index in [2.05, 4.69) is 26.0 Å². The average Bonchev–Trinajstić information content (AvgIpc) is 2.56. The van der Waals surface area contributed by atoms with Gasteiger partial charge in [-0.15, -0.1) is 0 Å². The average molecular weight is 315 g/mol. The molecule has 0 fully saturated rings. The first-order chi connectivity index (χ1) is 11.1. The number of rotatable bonds is 8. The fraction of sp³-hybridized carbons (Fsp3) is 0.400. The molecule has 2 aromatic rings. The molecule has 0 aliphatic heterocycles. The van der Waals surface area contributed by atoms with Crippen molar-refractivity contribution in [2.45, 2.75) is 38.5 Å². The highest BCUT2D eigenvalue weighted by atomic mass is 19.1. The number of benzene rings is 2. The highest BCUT2D eigenvalue weighted by Crippen LogP contribution is 2.22. The molecule has 0 spiro atoms. The summed E-state index contributed by atoms with van der Waals surface area (Å²) in [6.45, 7) is 5.59. The summed E-state index contributed by atoms with van der Waals surface area (Å²) in [6.07, 6.45) is 1.86. The fourth-order valence-electron chi connectivity index (χ4n) is 2.62. The number of halogens is 1. The van der Waals surface area contributed by atoms with Crippen LogP contribution in [0.4, 0.5) is 4.39 Å². The topological polar surface area (TPSA) is 35.2 Å². The second-order valence-corrected chi connectivity index (χ2v) is 6.20. The predicted molar refractivity (Wildman–Crippen MR) is 93.5 cm³/mol. The molecule has 124 valence electrons. The van der Waals surface area contributed by atoms with Crippen molar-refractivity contribution in [1.29, 1.82) is 0 Å². The first-order valence-corrected chi connectivity index (χ1v) is 8.28. The molecule has 23 heavy (non-hydrogen) atoms. The van der Waals surface area contributed by atoms with Crippen molar-refractivity contribution in [2.24, 2.45) is 5.73 Å². The normalized spacial score (nSPS) is 12.4. The second kappa shape index (κ2) is 8.68. The van der Waals surface area contributed by atoms with Gasteiger partial charge >= 0.3 is 0 Å². The second-order valence-electron chi connectivity index (χ2n) is 6.20. The van der Waals surface area contributed by atoms with E-state index in [1.54, 1.807) is 0 Å². The Bertz CT molecular complexity index is 578. The van der Waals surface area contributed by atoms with Crippen molar-refractivity contribution in [3.05, 3.63) is 65.5 Å². The van der Waals surface area contributed by atoms with Gasteiger partial charge in [0, 0.05) is 0 Å². The SMILES string of the molecule is CC(C)c1ccc(OCCCC(CN)c2ccc(F)cc2)cc1. The zero-order chi connectivity index (χ0) is 16.7. The third-order valence-corrected chi connectivity index (χ3v) is 4.14. The van der Waals surface area contributed by atoms with Crippen LogP contribution in [0.25, 0.3) is 0 Å². The quantitative estimate of drug-likeness (QED) is 0.707. The van der Waals surface area contributed by atoms with Crippen LogP contribution in [0.3, 0.4) is 0 Å². The largest absolute Gasteiger partial charge is 0.494 e. The Hall–Kier alpha value is -1.87. The van der Waals surface area contributed by atoms with Crippen LogP contribution >= 0.6 is 0 Å². The van der Waals surface area contributed by atoms with Crippen LogP contribution in [0.1, 0.15) is 49.7 Å². The summed E-state index contributed by atoms with van der Waals surface area (Å²) in [6, 6.07) is 14.9. The van der Waals surface area contributed by atoms with Gasteiger partial charge in [-0.05, 0) is 66.6 Å². The summed E-state index contributed by atoms with van der Waals surface area (Å²) in [5.41, 5.74) is 8.26. The lowest BCUT2D eigenvalue weighted by molar-refractivity contribution is 0.301. The van der Waals surface area contributed by atoms with Gasteiger partial charge in [-0.1, -0.05) is 38.1 Å². The van der Waals surface area contributed by atoms with Gasteiger partial charge in [-0.2, -0.15) is 0 Å². The van der Waals surface area contributed by atoms with Crippen LogP contribution < -0.4 is 10.5 Å². The van der Waals surface area contributed by atoms with Crippen LogP contribution in [0.5, 0.6) is 5.75 Å². The van der Waals surface area contributed by atoms with E-state index in [-0.39, 0.29) is 11.7 Å². The Balaban J connectivity index is 1.78.